The van der Waals surface area contributed by atoms with Gasteiger partial charge < -0.3 is 39.9 Å². The Morgan fingerprint density at radius 2 is 1.56 bits per heavy atom. The SMILES string of the molecule is CC[C@H](C)[C@@H]([C@@H](CC(=O)N1CCC[C@H]1[C@H](OC)[C@@H](C)C(=O)N[C@@H](Cc1ccccc1)C(=O)O)OC)N(C)C(=O)[C@@H](NC(=O)[C@@H]1C2CC(C2)N1C(=O)CCCCCN1C(=O)C=CC1=O)C(C)C. The number of aliphatic carboxylic acids is 1. The Bertz CT molecular complexity index is 1920. The number of methoxy groups -OCH3 is 2. The highest BCUT2D eigenvalue weighted by atomic mass is 16.5. The molecule has 5 aliphatic rings. The molecule has 17 nitrogen and oxygen atoms in total. The maximum absolute atomic E-state index is 14.6. The van der Waals surface area contributed by atoms with Gasteiger partial charge in [-0.1, -0.05) is 77.8 Å². The van der Waals surface area contributed by atoms with Crippen molar-refractivity contribution in [2.45, 2.75) is 154 Å². The van der Waals surface area contributed by atoms with Gasteiger partial charge in [-0.15, -0.1) is 0 Å². The van der Waals surface area contributed by atoms with Gasteiger partial charge in [0.05, 0.1) is 36.6 Å². The number of carbonyl (C=O) groups excluding carboxylic acids is 7. The number of likely N-dealkylation sites (N-methyl/N-ethyl adjacent to an activating group) is 1. The van der Waals surface area contributed by atoms with Crippen LogP contribution < -0.4 is 10.6 Å². The number of carboxylic acids is 1. The number of hydrogen-bond acceptors (Lipinski definition) is 10. The third kappa shape index (κ3) is 12.0. The lowest BCUT2D eigenvalue weighted by Crippen LogP contribution is -2.59. The lowest BCUT2D eigenvalue weighted by Gasteiger charge is -2.41. The van der Waals surface area contributed by atoms with E-state index in [2.05, 4.69) is 10.6 Å². The van der Waals surface area contributed by atoms with Crippen LogP contribution in [0.3, 0.4) is 0 Å². The second kappa shape index (κ2) is 23.5. The number of carboxylic acid groups (broad SMARTS) is 1. The third-order valence-electron chi connectivity index (χ3n) is 14.4. The number of nitrogens with zero attached hydrogens (tertiary/aromatic N) is 4. The largest absolute Gasteiger partial charge is 0.480 e. The van der Waals surface area contributed by atoms with Crippen LogP contribution in [-0.2, 0) is 54.3 Å². The first-order chi connectivity index (χ1) is 31.4. The monoisotopic (exact) mass is 921 g/mol. The molecule has 17 heteroatoms. The second-order valence-electron chi connectivity index (χ2n) is 19.0. The second-order valence-corrected chi connectivity index (χ2v) is 19.0. The average molecular weight is 921 g/mol. The molecule has 1 aliphatic carbocycles. The van der Waals surface area contributed by atoms with Gasteiger partial charge in [-0.05, 0) is 61.8 Å². The fourth-order valence-electron chi connectivity index (χ4n) is 10.4. The smallest absolute Gasteiger partial charge is 0.326 e. The van der Waals surface area contributed by atoms with Crippen molar-refractivity contribution in [3.8, 4) is 0 Å². The van der Waals surface area contributed by atoms with E-state index in [-0.39, 0.29) is 78.5 Å². The highest BCUT2D eigenvalue weighted by Crippen LogP contribution is 2.46. The lowest BCUT2D eigenvalue weighted by molar-refractivity contribution is -0.148. The predicted molar refractivity (Wildman–Crippen MR) is 244 cm³/mol. The molecule has 6 rings (SSSR count). The van der Waals surface area contributed by atoms with Crippen molar-refractivity contribution in [3.05, 3.63) is 48.0 Å². The van der Waals surface area contributed by atoms with E-state index in [0.717, 1.165) is 18.4 Å². The van der Waals surface area contributed by atoms with Crippen LogP contribution in [0.4, 0.5) is 0 Å². The van der Waals surface area contributed by atoms with Crippen LogP contribution >= 0.6 is 0 Å². The molecule has 0 aromatic heterocycles. The molecule has 7 amide bonds. The molecule has 4 fully saturated rings. The Labute approximate surface area is 389 Å². The summed E-state index contributed by atoms with van der Waals surface area (Å²) >= 11 is 0. The molecular formula is C49H72N6O11. The normalized spacial score (nSPS) is 23.2. The van der Waals surface area contributed by atoms with Crippen LogP contribution in [0.15, 0.2) is 42.5 Å². The number of hydrogen-bond donors (Lipinski definition) is 3. The van der Waals surface area contributed by atoms with Crippen molar-refractivity contribution in [3.63, 3.8) is 0 Å². The molecule has 3 N–H and O–H groups in total. The van der Waals surface area contributed by atoms with E-state index in [0.29, 0.717) is 51.6 Å². The van der Waals surface area contributed by atoms with Crippen molar-refractivity contribution in [1.29, 1.82) is 0 Å². The molecule has 66 heavy (non-hydrogen) atoms. The quantitative estimate of drug-likeness (QED) is 0.0957. The van der Waals surface area contributed by atoms with Gasteiger partial charge in [0, 0.05) is 65.4 Å². The Balaban J connectivity index is 1.21. The number of amides is 7. The number of likely N-dealkylation sites (tertiary alicyclic amines) is 1. The number of carbonyl (C=O) groups is 8. The van der Waals surface area contributed by atoms with E-state index >= 15 is 0 Å². The molecule has 0 spiro atoms. The molecule has 364 valence electrons. The molecule has 0 unspecified atom stereocenters. The van der Waals surface area contributed by atoms with Gasteiger partial charge in [0.25, 0.3) is 11.8 Å². The lowest BCUT2D eigenvalue weighted by atomic mass is 9.82. The summed E-state index contributed by atoms with van der Waals surface area (Å²) in [5.74, 6) is -4.58. The summed E-state index contributed by atoms with van der Waals surface area (Å²) in [7, 11) is 4.67. The van der Waals surface area contributed by atoms with Gasteiger partial charge in [0.1, 0.15) is 18.1 Å². The summed E-state index contributed by atoms with van der Waals surface area (Å²) in [6, 6.07) is 5.22. The van der Waals surface area contributed by atoms with Crippen LogP contribution in [0.1, 0.15) is 104 Å². The highest BCUT2D eigenvalue weighted by Gasteiger charge is 2.56. The number of rotatable bonds is 25. The minimum absolute atomic E-state index is 0.00168. The zero-order valence-electron chi connectivity index (χ0n) is 40.0. The van der Waals surface area contributed by atoms with E-state index in [9.17, 15) is 43.5 Å². The number of nitrogens with one attached hydrogen (secondary N) is 2. The minimum Gasteiger partial charge on any atom is -0.480 e. The van der Waals surface area contributed by atoms with Crippen LogP contribution in [0.5, 0.6) is 0 Å². The molecule has 1 saturated carbocycles. The van der Waals surface area contributed by atoms with E-state index in [1.54, 1.807) is 52.9 Å². The fraction of sp³-hybridized carbons (Fsp3) is 0.673. The van der Waals surface area contributed by atoms with E-state index in [1.807, 2.05) is 33.8 Å². The summed E-state index contributed by atoms with van der Waals surface area (Å²) in [5, 5.41) is 15.6. The average Bonchev–Trinajstić information content (AvgIpc) is 4.08. The van der Waals surface area contributed by atoms with Crippen molar-refractivity contribution >= 4 is 47.3 Å². The van der Waals surface area contributed by atoms with Gasteiger partial charge >= 0.3 is 5.97 Å². The summed E-state index contributed by atoms with van der Waals surface area (Å²) < 4.78 is 11.9. The van der Waals surface area contributed by atoms with Gasteiger partial charge in [0.15, 0.2) is 0 Å². The Morgan fingerprint density at radius 1 is 0.894 bits per heavy atom. The number of fused-ring (bicyclic) bond motifs is 1. The zero-order valence-corrected chi connectivity index (χ0v) is 40.0. The first-order valence-electron chi connectivity index (χ1n) is 23.8. The molecule has 1 aromatic rings. The van der Waals surface area contributed by atoms with Crippen LogP contribution in [0.25, 0.3) is 0 Å². The Hall–Kier alpha value is -5.16. The van der Waals surface area contributed by atoms with E-state index in [4.69, 9.17) is 9.47 Å². The molecule has 3 saturated heterocycles. The number of unbranched alkanes of at least 4 members (excludes halogenated alkanes) is 2. The first kappa shape index (κ1) is 51.8. The Kier molecular flexibility index (Phi) is 18.5. The van der Waals surface area contributed by atoms with E-state index in [1.165, 1.54) is 31.3 Å². The van der Waals surface area contributed by atoms with Gasteiger partial charge in [-0.3, -0.25) is 38.5 Å². The fourth-order valence-corrected chi connectivity index (χ4v) is 10.4. The molecule has 9 atom stereocenters. The van der Waals surface area contributed by atoms with Crippen LogP contribution in [0.2, 0.25) is 0 Å². The molecule has 2 bridgehead atoms. The van der Waals surface area contributed by atoms with Crippen molar-refractivity contribution in [2.24, 2.45) is 23.7 Å². The summed E-state index contributed by atoms with van der Waals surface area (Å²) in [6.07, 6.45) is 6.44. The van der Waals surface area contributed by atoms with E-state index < -0.39 is 60.2 Å². The summed E-state index contributed by atoms with van der Waals surface area (Å²) in [5.41, 5.74) is 0.766. The summed E-state index contributed by atoms with van der Waals surface area (Å²) in [4.78, 5) is 112. The first-order valence-corrected chi connectivity index (χ1v) is 23.8. The predicted octanol–water partition coefficient (Wildman–Crippen LogP) is 3.33. The maximum atomic E-state index is 14.6. The van der Waals surface area contributed by atoms with Crippen molar-refractivity contribution < 1.29 is 52.9 Å². The molecular weight excluding hydrogens is 849 g/mol. The van der Waals surface area contributed by atoms with Gasteiger partial charge in [0.2, 0.25) is 29.5 Å². The highest BCUT2D eigenvalue weighted by molar-refractivity contribution is 6.12. The van der Waals surface area contributed by atoms with Crippen LogP contribution in [-0.4, -0.2) is 155 Å². The third-order valence-corrected chi connectivity index (χ3v) is 14.4. The summed E-state index contributed by atoms with van der Waals surface area (Å²) in [6.45, 7) is 10.1. The zero-order chi connectivity index (χ0) is 48.4. The minimum atomic E-state index is -1.16. The van der Waals surface area contributed by atoms with Crippen molar-refractivity contribution in [2.75, 3.05) is 34.4 Å². The van der Waals surface area contributed by atoms with Gasteiger partial charge in [-0.2, -0.15) is 0 Å². The standard InChI is InChI=1S/C49H72N6O11/c1-9-30(4)43(37(65-7)28-41(59)53-24-16-19-36(53)45(66-8)31(5)46(60)50-35(49(63)64)25-32-17-12-10-13-18-32)52(6)48(62)42(29(2)3)51-47(61)44-33-26-34(27-33)55(44)40(58)20-14-11-15-23-54-38(56)21-22-39(54)57/h10,12-13,17-18,21-22,29-31,33-37,42-45H,9,11,14-16,19-20,23-28H2,1-8H3,(H,50,60)(H,51,61)(H,63,64)/t30-,31+,33?,34?,35-,36-,37+,42-,43-,44-,45+/m0/s1. The molecule has 4 heterocycles. The number of ether oxygens (including phenoxy) is 2. The molecule has 0 radical (unpaired) electrons. The maximum Gasteiger partial charge on any atom is 0.326 e. The van der Waals surface area contributed by atoms with Crippen molar-refractivity contribution in [1.82, 2.24) is 30.2 Å². The van der Waals surface area contributed by atoms with Crippen LogP contribution in [0, 0.1) is 23.7 Å². The number of benzene rings is 1. The Morgan fingerprint density at radius 3 is 2.15 bits per heavy atom. The topological polar surface area (TPSA) is 212 Å². The number of imide groups is 1. The van der Waals surface area contributed by atoms with Gasteiger partial charge in [-0.25, -0.2) is 4.79 Å². The molecule has 4 aliphatic heterocycles. The molecule has 1 aromatic carbocycles.